The van der Waals surface area contributed by atoms with Crippen LogP contribution >= 0.6 is 0 Å². The van der Waals surface area contributed by atoms with Crippen molar-refractivity contribution in [1.29, 1.82) is 0 Å². The van der Waals surface area contributed by atoms with Crippen molar-refractivity contribution in [3.63, 3.8) is 0 Å². The lowest BCUT2D eigenvalue weighted by atomic mass is 10.2. The first-order chi connectivity index (χ1) is 10.0. The van der Waals surface area contributed by atoms with Gasteiger partial charge in [-0.2, -0.15) is 5.10 Å². The topological polar surface area (TPSA) is 96.9 Å². The summed E-state index contributed by atoms with van der Waals surface area (Å²) in [6, 6.07) is 5.33. The van der Waals surface area contributed by atoms with Gasteiger partial charge in [0.25, 0.3) is 5.91 Å². The summed E-state index contributed by atoms with van der Waals surface area (Å²) >= 11 is 0. The highest BCUT2D eigenvalue weighted by Crippen LogP contribution is 2.09. The molecule has 1 aliphatic heterocycles. The Labute approximate surface area is 119 Å². The molecule has 8 heteroatoms. The van der Waals surface area contributed by atoms with E-state index in [1.165, 1.54) is 18.2 Å². The molecule has 1 aliphatic rings. The molecule has 110 valence electrons. The smallest absolute Gasteiger partial charge is 0.355 e. The van der Waals surface area contributed by atoms with Crippen molar-refractivity contribution in [1.82, 2.24) is 5.43 Å². The fourth-order valence-corrected chi connectivity index (χ4v) is 1.60. The molecule has 0 saturated heterocycles. The SMILES string of the molecule is O=C1CCC(C(=O)OCC(=O)Nc2cccc(F)c2)=NN1. The summed E-state index contributed by atoms with van der Waals surface area (Å²) in [5, 5.41) is 5.93. The van der Waals surface area contributed by atoms with E-state index in [0.29, 0.717) is 0 Å². The largest absolute Gasteiger partial charge is 0.451 e. The molecule has 21 heavy (non-hydrogen) atoms. The highest BCUT2D eigenvalue weighted by atomic mass is 19.1. The molecule has 0 atom stereocenters. The van der Waals surface area contributed by atoms with E-state index in [2.05, 4.69) is 15.8 Å². The van der Waals surface area contributed by atoms with Gasteiger partial charge in [-0.05, 0) is 18.2 Å². The number of carbonyl (C=O) groups excluding carboxylic acids is 3. The molecule has 1 aromatic rings. The summed E-state index contributed by atoms with van der Waals surface area (Å²) in [7, 11) is 0. The number of hydrogen-bond donors (Lipinski definition) is 2. The monoisotopic (exact) mass is 293 g/mol. The molecule has 1 heterocycles. The van der Waals surface area contributed by atoms with Crippen LogP contribution in [0.4, 0.5) is 10.1 Å². The van der Waals surface area contributed by atoms with Crippen LogP contribution in [0.5, 0.6) is 0 Å². The lowest BCUT2D eigenvalue weighted by Crippen LogP contribution is -2.32. The Morgan fingerprint density at radius 1 is 1.38 bits per heavy atom. The van der Waals surface area contributed by atoms with Crippen molar-refractivity contribution in [3.05, 3.63) is 30.1 Å². The molecule has 7 nitrogen and oxygen atoms in total. The van der Waals surface area contributed by atoms with Crippen LogP contribution in [-0.4, -0.2) is 30.1 Å². The summed E-state index contributed by atoms with van der Waals surface area (Å²) in [6.45, 7) is -0.525. The third-order valence-electron chi connectivity index (χ3n) is 2.58. The number of amides is 2. The van der Waals surface area contributed by atoms with Crippen molar-refractivity contribution in [3.8, 4) is 0 Å². The highest BCUT2D eigenvalue weighted by molar-refractivity contribution is 6.37. The predicted octanol–water partition coefficient (Wildman–Crippen LogP) is 0.573. The van der Waals surface area contributed by atoms with Crippen LogP contribution in [0.15, 0.2) is 29.4 Å². The number of ether oxygens (including phenoxy) is 1. The zero-order valence-electron chi connectivity index (χ0n) is 10.9. The Morgan fingerprint density at radius 3 is 2.86 bits per heavy atom. The molecule has 1 aromatic carbocycles. The number of hydrazone groups is 1. The van der Waals surface area contributed by atoms with Crippen LogP contribution in [0.3, 0.4) is 0 Å². The van der Waals surface area contributed by atoms with Gasteiger partial charge in [0.2, 0.25) is 5.91 Å². The molecule has 0 spiro atoms. The lowest BCUT2D eigenvalue weighted by Gasteiger charge is -2.11. The van der Waals surface area contributed by atoms with Gasteiger partial charge >= 0.3 is 5.97 Å². The fraction of sp³-hybridized carbons (Fsp3) is 0.231. The molecule has 0 radical (unpaired) electrons. The van der Waals surface area contributed by atoms with E-state index in [0.717, 1.165) is 6.07 Å². The first-order valence-electron chi connectivity index (χ1n) is 6.12. The number of nitrogens with one attached hydrogen (secondary N) is 2. The molecule has 2 rings (SSSR count). The van der Waals surface area contributed by atoms with E-state index in [1.807, 2.05) is 0 Å². The Morgan fingerprint density at radius 2 is 2.19 bits per heavy atom. The molecule has 0 unspecified atom stereocenters. The number of anilines is 1. The molecule has 0 aliphatic carbocycles. The van der Waals surface area contributed by atoms with Gasteiger partial charge < -0.3 is 10.1 Å². The van der Waals surface area contributed by atoms with E-state index >= 15 is 0 Å². The molecule has 2 N–H and O–H groups in total. The van der Waals surface area contributed by atoms with Crippen molar-refractivity contribution >= 4 is 29.2 Å². The number of halogens is 1. The molecule has 0 saturated carbocycles. The second-order valence-corrected chi connectivity index (χ2v) is 4.23. The van der Waals surface area contributed by atoms with Crippen LogP contribution in [0.2, 0.25) is 0 Å². The first-order valence-corrected chi connectivity index (χ1v) is 6.12. The van der Waals surface area contributed by atoms with Gasteiger partial charge in [0.15, 0.2) is 6.61 Å². The van der Waals surface area contributed by atoms with Gasteiger partial charge in [-0.15, -0.1) is 0 Å². The average molecular weight is 293 g/mol. The molecule has 0 fully saturated rings. The van der Waals surface area contributed by atoms with Crippen LogP contribution in [0.25, 0.3) is 0 Å². The molecule has 0 aromatic heterocycles. The van der Waals surface area contributed by atoms with Gasteiger partial charge in [0.05, 0.1) is 0 Å². The number of benzene rings is 1. The lowest BCUT2D eigenvalue weighted by molar-refractivity contribution is -0.140. The van der Waals surface area contributed by atoms with E-state index in [9.17, 15) is 18.8 Å². The van der Waals surface area contributed by atoms with Gasteiger partial charge in [-0.1, -0.05) is 6.07 Å². The number of esters is 1. The normalized spacial score (nSPS) is 14.0. The van der Waals surface area contributed by atoms with Crippen molar-refractivity contribution in [2.45, 2.75) is 12.8 Å². The van der Waals surface area contributed by atoms with Crippen molar-refractivity contribution in [2.75, 3.05) is 11.9 Å². The van der Waals surface area contributed by atoms with Crippen LogP contribution in [0.1, 0.15) is 12.8 Å². The summed E-state index contributed by atoms with van der Waals surface area (Å²) in [5.41, 5.74) is 2.46. The standard InChI is InChI=1S/C13H12FN3O4/c14-8-2-1-3-9(6-8)15-12(19)7-21-13(20)10-4-5-11(18)17-16-10/h1-3,6H,4-5,7H2,(H,15,19)(H,17,18). The van der Waals surface area contributed by atoms with E-state index < -0.39 is 24.3 Å². The zero-order chi connectivity index (χ0) is 15.2. The van der Waals surface area contributed by atoms with Gasteiger partial charge in [-0.3, -0.25) is 9.59 Å². The maximum atomic E-state index is 12.9. The second kappa shape index (κ2) is 6.60. The molecular formula is C13H12FN3O4. The third-order valence-corrected chi connectivity index (χ3v) is 2.58. The predicted molar refractivity (Wildman–Crippen MR) is 70.8 cm³/mol. The fourth-order valence-electron chi connectivity index (χ4n) is 1.60. The first kappa shape index (κ1) is 14.6. The summed E-state index contributed by atoms with van der Waals surface area (Å²) in [4.78, 5) is 34.0. The molecule has 0 bridgehead atoms. The maximum absolute atomic E-state index is 12.9. The Balaban J connectivity index is 1.81. The van der Waals surface area contributed by atoms with E-state index in [1.54, 1.807) is 0 Å². The van der Waals surface area contributed by atoms with Crippen molar-refractivity contribution in [2.24, 2.45) is 5.10 Å². The quantitative estimate of drug-likeness (QED) is 0.793. The zero-order valence-corrected chi connectivity index (χ0v) is 10.9. The van der Waals surface area contributed by atoms with Crippen LogP contribution < -0.4 is 10.7 Å². The Kier molecular flexibility index (Phi) is 4.60. The molecular weight excluding hydrogens is 281 g/mol. The minimum Gasteiger partial charge on any atom is -0.451 e. The Hall–Kier alpha value is -2.77. The number of hydrogen-bond acceptors (Lipinski definition) is 5. The maximum Gasteiger partial charge on any atom is 0.355 e. The summed E-state index contributed by atoms with van der Waals surface area (Å²) < 4.78 is 17.7. The minimum absolute atomic E-state index is 0.0492. The van der Waals surface area contributed by atoms with Gasteiger partial charge in [0.1, 0.15) is 11.5 Å². The summed E-state index contributed by atoms with van der Waals surface area (Å²) in [5.74, 6) is -2.15. The van der Waals surface area contributed by atoms with E-state index in [4.69, 9.17) is 4.74 Å². The minimum atomic E-state index is -0.774. The highest BCUT2D eigenvalue weighted by Gasteiger charge is 2.20. The Bertz CT molecular complexity index is 615. The van der Waals surface area contributed by atoms with Crippen LogP contribution in [0, 0.1) is 5.82 Å². The van der Waals surface area contributed by atoms with Crippen molar-refractivity contribution < 1.29 is 23.5 Å². The number of carbonyl (C=O) groups is 3. The average Bonchev–Trinajstić information content (AvgIpc) is 2.45. The second-order valence-electron chi connectivity index (χ2n) is 4.23. The van der Waals surface area contributed by atoms with Gasteiger partial charge in [0, 0.05) is 18.5 Å². The third kappa shape index (κ3) is 4.37. The van der Waals surface area contributed by atoms with Crippen LogP contribution in [-0.2, 0) is 19.1 Å². The van der Waals surface area contributed by atoms with E-state index in [-0.39, 0.29) is 30.1 Å². The number of nitrogens with zero attached hydrogens (tertiary/aromatic N) is 1. The number of rotatable bonds is 4. The molecule has 2 amide bonds. The summed E-state index contributed by atoms with van der Waals surface area (Å²) in [6.07, 6.45) is 0.305. The van der Waals surface area contributed by atoms with Gasteiger partial charge in [-0.25, -0.2) is 14.6 Å².